The Hall–Kier alpha value is -1.09. The molecule has 88 valence electrons. The molecule has 1 unspecified atom stereocenters. The lowest BCUT2D eigenvalue weighted by molar-refractivity contribution is 0.798. The summed E-state index contributed by atoms with van der Waals surface area (Å²) in [6, 6.07) is 8.50. The van der Waals surface area contributed by atoms with Crippen molar-refractivity contribution < 1.29 is 0 Å². The van der Waals surface area contributed by atoms with Crippen LogP contribution < -0.4 is 0 Å². The summed E-state index contributed by atoms with van der Waals surface area (Å²) in [6.07, 6.45) is 3.61. The van der Waals surface area contributed by atoms with Crippen LogP contribution in [-0.4, -0.2) is 10.2 Å². The number of aryl methyl sites for hydroxylation is 1. The Labute approximate surface area is 110 Å². The molecule has 2 nitrogen and oxygen atoms in total. The predicted molar refractivity (Wildman–Crippen MR) is 72.3 cm³/mol. The largest absolute Gasteiger partial charge is 0.282 e. The van der Waals surface area contributed by atoms with Crippen LogP contribution in [0.2, 0.25) is 0 Å². The van der Waals surface area contributed by atoms with Crippen molar-refractivity contribution in [2.75, 3.05) is 0 Å². The van der Waals surface area contributed by atoms with Crippen molar-refractivity contribution in [3.63, 3.8) is 0 Å². The molecule has 17 heavy (non-hydrogen) atoms. The predicted octanol–water partition coefficient (Wildman–Crippen LogP) is 3.81. The van der Waals surface area contributed by atoms with E-state index in [-0.39, 0.29) is 0 Å². The van der Waals surface area contributed by atoms with Crippen molar-refractivity contribution in [2.45, 2.75) is 32.1 Å². The molecule has 3 rings (SSSR count). The molecule has 1 aliphatic carbocycles. The van der Waals surface area contributed by atoms with E-state index in [2.05, 4.69) is 57.3 Å². The molecular formula is C14H15BrN2. The van der Waals surface area contributed by atoms with Crippen LogP contribution in [0, 0.1) is 0 Å². The molecule has 0 amide bonds. The molecule has 0 saturated carbocycles. The molecule has 1 aliphatic rings. The molecule has 3 heteroatoms. The average molecular weight is 291 g/mol. The fraction of sp³-hybridized carbons (Fsp3) is 0.357. The van der Waals surface area contributed by atoms with Gasteiger partial charge in [-0.2, -0.15) is 5.10 Å². The monoisotopic (exact) mass is 290 g/mol. The zero-order valence-corrected chi connectivity index (χ0v) is 11.4. The van der Waals surface area contributed by atoms with Gasteiger partial charge in [0.05, 0.1) is 5.69 Å². The lowest BCUT2D eigenvalue weighted by atomic mass is 9.95. The maximum Gasteiger partial charge on any atom is 0.0728 e. The number of rotatable bonds is 2. The molecular weight excluding hydrogens is 276 g/mol. The fourth-order valence-corrected chi connectivity index (χ4v) is 3.05. The molecule has 0 spiro atoms. The Balaban J connectivity index is 1.98. The Morgan fingerprint density at radius 3 is 3.06 bits per heavy atom. The van der Waals surface area contributed by atoms with Crippen molar-refractivity contribution in [3.8, 4) is 0 Å². The molecule has 1 heterocycles. The van der Waals surface area contributed by atoms with Crippen molar-refractivity contribution in [1.29, 1.82) is 0 Å². The number of hydrogen-bond acceptors (Lipinski definition) is 1. The van der Waals surface area contributed by atoms with E-state index in [9.17, 15) is 0 Å². The van der Waals surface area contributed by atoms with Crippen LogP contribution in [0.25, 0.3) is 0 Å². The van der Waals surface area contributed by atoms with E-state index in [0.29, 0.717) is 5.92 Å². The van der Waals surface area contributed by atoms with Gasteiger partial charge in [-0.05, 0) is 42.5 Å². The molecule has 0 radical (unpaired) electrons. The van der Waals surface area contributed by atoms with E-state index in [1.54, 1.807) is 0 Å². The molecule has 0 bridgehead atoms. The average Bonchev–Trinajstić information content (AvgIpc) is 2.89. The van der Waals surface area contributed by atoms with E-state index < -0.39 is 0 Å². The number of hydrogen-bond donors (Lipinski definition) is 1. The third-order valence-corrected chi connectivity index (χ3v) is 4.09. The van der Waals surface area contributed by atoms with Crippen LogP contribution in [0.1, 0.15) is 41.8 Å². The number of nitrogens with zero attached hydrogens (tertiary/aromatic N) is 1. The minimum Gasteiger partial charge on any atom is -0.282 e. The van der Waals surface area contributed by atoms with E-state index in [0.717, 1.165) is 10.9 Å². The van der Waals surface area contributed by atoms with Gasteiger partial charge < -0.3 is 0 Å². The maximum absolute atomic E-state index is 4.50. The maximum atomic E-state index is 4.50. The normalized spacial score (nSPS) is 15.9. The van der Waals surface area contributed by atoms with E-state index in [4.69, 9.17) is 0 Å². The summed E-state index contributed by atoms with van der Waals surface area (Å²) in [7, 11) is 0. The summed E-state index contributed by atoms with van der Waals surface area (Å²) in [5.74, 6) is 0.366. The van der Waals surface area contributed by atoms with Crippen molar-refractivity contribution in [3.05, 3.63) is 51.3 Å². The number of fused-ring (bicyclic) bond motifs is 1. The molecule has 1 atom stereocenters. The third kappa shape index (κ3) is 1.93. The van der Waals surface area contributed by atoms with Crippen LogP contribution in [0.3, 0.4) is 0 Å². The van der Waals surface area contributed by atoms with Gasteiger partial charge in [0, 0.05) is 16.1 Å². The Kier molecular flexibility index (Phi) is 2.79. The first-order chi connectivity index (χ1) is 8.25. The van der Waals surface area contributed by atoms with Crippen LogP contribution in [-0.2, 0) is 12.8 Å². The van der Waals surface area contributed by atoms with E-state index in [1.165, 1.54) is 35.4 Å². The molecule has 0 aliphatic heterocycles. The third-order valence-electron chi connectivity index (χ3n) is 3.60. The summed E-state index contributed by atoms with van der Waals surface area (Å²) in [4.78, 5) is 0. The Bertz CT molecular complexity index is 545. The van der Waals surface area contributed by atoms with Crippen molar-refractivity contribution in [2.24, 2.45) is 0 Å². The van der Waals surface area contributed by atoms with Crippen LogP contribution in [0.5, 0.6) is 0 Å². The van der Waals surface area contributed by atoms with Gasteiger partial charge in [-0.1, -0.05) is 35.0 Å². The number of aromatic nitrogens is 2. The minimum absolute atomic E-state index is 0.366. The first kappa shape index (κ1) is 11.0. The SMILES string of the molecule is CC(c1cccc(Br)c1)c1n[nH]c2c1CCC2. The second-order valence-corrected chi connectivity index (χ2v) is 5.61. The first-order valence-electron chi connectivity index (χ1n) is 6.07. The van der Waals surface area contributed by atoms with Crippen LogP contribution in [0.15, 0.2) is 28.7 Å². The molecule has 0 fully saturated rings. The van der Waals surface area contributed by atoms with Crippen LogP contribution >= 0.6 is 15.9 Å². The standard InChI is InChI=1S/C14H15BrN2/c1-9(10-4-2-5-11(15)8-10)14-12-6-3-7-13(12)16-17-14/h2,4-5,8-9H,3,6-7H2,1H3,(H,16,17). The number of nitrogens with one attached hydrogen (secondary N) is 1. The van der Waals surface area contributed by atoms with E-state index in [1.807, 2.05) is 0 Å². The van der Waals surface area contributed by atoms with Gasteiger partial charge in [-0.15, -0.1) is 0 Å². The zero-order chi connectivity index (χ0) is 11.8. The van der Waals surface area contributed by atoms with Crippen LogP contribution in [0.4, 0.5) is 0 Å². The summed E-state index contributed by atoms with van der Waals surface area (Å²) in [5.41, 5.74) is 5.36. The van der Waals surface area contributed by atoms with Crippen molar-refractivity contribution in [1.82, 2.24) is 10.2 Å². The van der Waals surface area contributed by atoms with Gasteiger partial charge in [0.2, 0.25) is 0 Å². The number of benzene rings is 1. The summed E-state index contributed by atoms with van der Waals surface area (Å²) >= 11 is 3.53. The topological polar surface area (TPSA) is 28.7 Å². The highest BCUT2D eigenvalue weighted by molar-refractivity contribution is 9.10. The smallest absolute Gasteiger partial charge is 0.0728 e. The molecule has 1 N–H and O–H groups in total. The Morgan fingerprint density at radius 2 is 2.24 bits per heavy atom. The lowest BCUT2D eigenvalue weighted by Crippen LogP contribution is -2.00. The Morgan fingerprint density at radius 1 is 1.35 bits per heavy atom. The molecule has 2 aromatic rings. The molecule has 1 aromatic heterocycles. The quantitative estimate of drug-likeness (QED) is 0.895. The van der Waals surface area contributed by atoms with Gasteiger partial charge in [0.25, 0.3) is 0 Å². The fourth-order valence-electron chi connectivity index (χ4n) is 2.64. The lowest BCUT2D eigenvalue weighted by Gasteiger charge is -2.11. The second-order valence-electron chi connectivity index (χ2n) is 4.70. The highest BCUT2D eigenvalue weighted by atomic mass is 79.9. The first-order valence-corrected chi connectivity index (χ1v) is 6.86. The van der Waals surface area contributed by atoms with Gasteiger partial charge in [0.1, 0.15) is 0 Å². The number of aromatic amines is 1. The molecule has 1 aromatic carbocycles. The van der Waals surface area contributed by atoms with Gasteiger partial charge in [-0.25, -0.2) is 0 Å². The minimum atomic E-state index is 0.366. The summed E-state index contributed by atoms with van der Waals surface area (Å²) < 4.78 is 1.13. The van der Waals surface area contributed by atoms with Crippen molar-refractivity contribution >= 4 is 15.9 Å². The van der Waals surface area contributed by atoms with Gasteiger partial charge >= 0.3 is 0 Å². The summed E-state index contributed by atoms with van der Waals surface area (Å²) in [6.45, 7) is 2.23. The van der Waals surface area contributed by atoms with Gasteiger partial charge in [-0.3, -0.25) is 5.10 Å². The second kappa shape index (κ2) is 4.30. The molecule has 0 saturated heterocycles. The van der Waals surface area contributed by atoms with E-state index >= 15 is 0 Å². The van der Waals surface area contributed by atoms with Gasteiger partial charge in [0.15, 0.2) is 0 Å². The number of halogens is 1. The highest BCUT2D eigenvalue weighted by Crippen LogP contribution is 2.32. The number of H-pyrrole nitrogens is 1. The zero-order valence-electron chi connectivity index (χ0n) is 9.83. The highest BCUT2D eigenvalue weighted by Gasteiger charge is 2.22. The summed E-state index contributed by atoms with van der Waals surface area (Å²) in [5, 5.41) is 7.69.